The van der Waals surface area contributed by atoms with Crippen molar-refractivity contribution in [1.29, 1.82) is 0 Å². The van der Waals surface area contributed by atoms with E-state index < -0.39 is 17.8 Å². The van der Waals surface area contributed by atoms with Crippen LogP contribution >= 0.6 is 0 Å². The Morgan fingerprint density at radius 1 is 1.11 bits per heavy atom. The molecule has 0 radical (unpaired) electrons. The average Bonchev–Trinajstić information content (AvgIpc) is 3.44. The maximum absolute atomic E-state index is 13.8. The monoisotopic (exact) mass is 521 g/mol. The van der Waals surface area contributed by atoms with Crippen LogP contribution < -0.4 is 16.4 Å². The second kappa shape index (κ2) is 16.5. The fourth-order valence-corrected chi connectivity index (χ4v) is 5.50. The molecule has 3 aliphatic rings. The van der Waals surface area contributed by atoms with Crippen LogP contribution in [0.4, 0.5) is 4.79 Å². The molecule has 3 atom stereocenters. The summed E-state index contributed by atoms with van der Waals surface area (Å²) in [5, 5.41) is 5.82. The highest BCUT2D eigenvalue weighted by atomic mass is 16.6. The number of carbonyl (C=O) groups is 3. The van der Waals surface area contributed by atoms with Gasteiger partial charge in [-0.1, -0.05) is 65.7 Å². The molecule has 0 aromatic carbocycles. The van der Waals surface area contributed by atoms with Crippen LogP contribution in [0.15, 0.2) is 24.3 Å². The van der Waals surface area contributed by atoms with Crippen molar-refractivity contribution in [2.45, 2.75) is 97.3 Å². The number of allylic oxidation sites excluding steroid dienone is 1. The van der Waals surface area contributed by atoms with Crippen molar-refractivity contribution in [3.63, 3.8) is 0 Å². The average molecular weight is 522 g/mol. The van der Waals surface area contributed by atoms with Crippen LogP contribution in [-0.4, -0.2) is 78.7 Å². The summed E-state index contributed by atoms with van der Waals surface area (Å²) in [4.78, 5) is 42.3. The van der Waals surface area contributed by atoms with E-state index in [0.29, 0.717) is 25.9 Å². The minimum Gasteiger partial charge on any atom is -0.445 e. The summed E-state index contributed by atoms with van der Waals surface area (Å²) in [6, 6.07) is -0.886. The number of nitrogens with zero attached hydrogens (tertiary/aromatic N) is 2. The van der Waals surface area contributed by atoms with Crippen LogP contribution in [0.25, 0.3) is 0 Å². The first-order valence-electron chi connectivity index (χ1n) is 14.1. The molecule has 37 heavy (non-hydrogen) atoms. The molecular weight excluding hydrogens is 470 g/mol. The molecule has 4 N–H and O–H groups in total. The molecule has 3 amide bonds. The highest BCUT2D eigenvalue weighted by molar-refractivity contribution is 5.89. The second-order valence-electron chi connectivity index (χ2n) is 9.32. The number of hydrogen-bond acceptors (Lipinski definition) is 6. The predicted octanol–water partition coefficient (Wildman–Crippen LogP) is 3.55. The van der Waals surface area contributed by atoms with Crippen molar-refractivity contribution in [3.05, 3.63) is 24.3 Å². The van der Waals surface area contributed by atoms with Crippen molar-refractivity contribution >= 4 is 17.9 Å². The first kappa shape index (κ1) is 32.6. The number of carbonyl (C=O) groups excluding carboxylic acids is 3. The van der Waals surface area contributed by atoms with Crippen molar-refractivity contribution < 1.29 is 19.1 Å². The summed E-state index contributed by atoms with van der Waals surface area (Å²) in [5.74, 6) is -0.216. The zero-order valence-corrected chi connectivity index (χ0v) is 24.0. The van der Waals surface area contributed by atoms with Gasteiger partial charge in [-0.05, 0) is 44.7 Å². The predicted molar refractivity (Wildman–Crippen MR) is 149 cm³/mol. The van der Waals surface area contributed by atoms with Crippen molar-refractivity contribution in [3.8, 4) is 0 Å². The summed E-state index contributed by atoms with van der Waals surface area (Å²) in [6.45, 7) is 14.8. The lowest BCUT2D eigenvalue weighted by molar-refractivity contribution is -0.142. The van der Waals surface area contributed by atoms with Crippen molar-refractivity contribution in [2.24, 2.45) is 11.7 Å². The molecule has 0 aromatic rings. The highest BCUT2D eigenvalue weighted by Gasteiger charge is 2.57. The standard InChI is InChI=1S/C24H39N5O4.2C2H6/c1-4-17(5-2)16-33-23(32)28-14-12-24(25)19(28)11-13-29(24)22(31)21(27-20(30)15-26-3)18-9-7-6-8-10-18;2*1-2/h4-5,18-19,21,26H,1,6-16,25H2,2-3H3,(H,27,30);2*1-2H3/b17-5+;;/t19-,21?,24-;;/m1../s1. The van der Waals surface area contributed by atoms with E-state index in [0.717, 1.165) is 37.7 Å². The second-order valence-corrected chi connectivity index (χ2v) is 9.32. The minimum absolute atomic E-state index is 0.107. The topological polar surface area (TPSA) is 117 Å². The number of fused-ring (bicyclic) bond motifs is 1. The number of nitrogens with two attached hydrogens (primary N) is 1. The Morgan fingerprint density at radius 3 is 2.32 bits per heavy atom. The normalized spacial score (nSPS) is 24.1. The van der Waals surface area contributed by atoms with Crippen molar-refractivity contribution in [1.82, 2.24) is 20.4 Å². The van der Waals surface area contributed by atoms with Gasteiger partial charge in [0.05, 0.1) is 12.6 Å². The van der Waals surface area contributed by atoms with Crippen LogP contribution in [0.1, 0.15) is 79.6 Å². The molecule has 2 aliphatic heterocycles. The van der Waals surface area contributed by atoms with E-state index in [1.54, 1.807) is 22.9 Å². The number of rotatable bonds is 8. The van der Waals surface area contributed by atoms with Gasteiger partial charge in [-0.15, -0.1) is 0 Å². The lowest BCUT2D eigenvalue weighted by Gasteiger charge is -2.39. The van der Waals surface area contributed by atoms with Crippen LogP contribution in [0.3, 0.4) is 0 Å². The lowest BCUT2D eigenvalue weighted by atomic mass is 9.83. The Labute approximate surface area is 224 Å². The van der Waals surface area contributed by atoms with Gasteiger partial charge in [0.25, 0.3) is 0 Å². The van der Waals surface area contributed by atoms with Crippen LogP contribution in [0, 0.1) is 5.92 Å². The molecule has 2 saturated heterocycles. The maximum Gasteiger partial charge on any atom is 0.410 e. The lowest BCUT2D eigenvalue weighted by Crippen LogP contribution is -2.64. The van der Waals surface area contributed by atoms with E-state index in [1.165, 1.54) is 0 Å². The maximum atomic E-state index is 13.8. The molecule has 0 bridgehead atoms. The van der Waals surface area contributed by atoms with E-state index in [9.17, 15) is 14.4 Å². The third kappa shape index (κ3) is 8.04. The van der Waals surface area contributed by atoms with Gasteiger partial charge in [0.1, 0.15) is 18.3 Å². The zero-order chi connectivity index (χ0) is 28.0. The van der Waals surface area contributed by atoms with Gasteiger partial charge in [-0.25, -0.2) is 4.79 Å². The molecule has 1 aliphatic carbocycles. The Kier molecular flexibility index (Phi) is 14.5. The summed E-state index contributed by atoms with van der Waals surface area (Å²) in [6.07, 6.45) is 9.28. The van der Waals surface area contributed by atoms with Crippen LogP contribution in [-0.2, 0) is 14.3 Å². The number of likely N-dealkylation sites (N-methyl/N-ethyl adjacent to an activating group) is 1. The van der Waals surface area contributed by atoms with Crippen LogP contribution in [0.2, 0.25) is 0 Å². The molecule has 1 saturated carbocycles. The minimum atomic E-state index is -0.946. The molecule has 3 fully saturated rings. The zero-order valence-electron chi connectivity index (χ0n) is 24.0. The Morgan fingerprint density at radius 2 is 1.76 bits per heavy atom. The highest BCUT2D eigenvalue weighted by Crippen LogP contribution is 2.39. The first-order chi connectivity index (χ1) is 17.8. The number of hydrogen-bond donors (Lipinski definition) is 3. The molecule has 1 unspecified atom stereocenters. The SMILES string of the molecule is C=C/C(=C\C)COC(=O)N1CC[C@]2(N)[C@H]1CCN2C(=O)C(NC(=O)CNC)C1CCCCC1.CC.CC. The summed E-state index contributed by atoms with van der Waals surface area (Å²) < 4.78 is 5.47. The summed E-state index contributed by atoms with van der Waals surface area (Å²) >= 11 is 0. The van der Waals surface area contributed by atoms with Gasteiger partial charge in [-0.2, -0.15) is 0 Å². The van der Waals surface area contributed by atoms with Crippen molar-refractivity contribution in [2.75, 3.05) is 33.3 Å². The van der Waals surface area contributed by atoms with Gasteiger partial charge in [0.2, 0.25) is 11.8 Å². The van der Waals surface area contributed by atoms with E-state index in [1.807, 2.05) is 40.7 Å². The quantitative estimate of drug-likeness (QED) is 0.421. The van der Waals surface area contributed by atoms with E-state index in [-0.39, 0.29) is 36.9 Å². The van der Waals surface area contributed by atoms with E-state index in [2.05, 4.69) is 17.2 Å². The van der Waals surface area contributed by atoms with Gasteiger partial charge in [0, 0.05) is 19.5 Å². The Balaban J connectivity index is 0.00000163. The molecule has 3 rings (SSSR count). The van der Waals surface area contributed by atoms with Gasteiger partial charge < -0.3 is 30.9 Å². The first-order valence-corrected chi connectivity index (χ1v) is 14.1. The molecular formula is C28H51N5O4. The van der Waals surface area contributed by atoms with Gasteiger partial charge in [0.15, 0.2) is 0 Å². The van der Waals surface area contributed by atoms with Crippen LogP contribution in [0.5, 0.6) is 0 Å². The van der Waals surface area contributed by atoms with Gasteiger partial charge >= 0.3 is 6.09 Å². The smallest absolute Gasteiger partial charge is 0.410 e. The Hall–Kier alpha value is -2.39. The van der Waals surface area contributed by atoms with E-state index >= 15 is 0 Å². The fourth-order valence-electron chi connectivity index (χ4n) is 5.50. The van der Waals surface area contributed by atoms with E-state index in [4.69, 9.17) is 10.5 Å². The summed E-state index contributed by atoms with van der Waals surface area (Å²) in [5.41, 5.74) is 6.69. The van der Waals surface area contributed by atoms with Gasteiger partial charge in [-0.3, -0.25) is 9.59 Å². The molecule has 0 spiro atoms. The fraction of sp³-hybridized carbons (Fsp3) is 0.750. The number of amides is 3. The number of ether oxygens (including phenoxy) is 1. The molecule has 9 heteroatoms. The number of likely N-dealkylation sites (tertiary alicyclic amines) is 2. The molecule has 0 aromatic heterocycles. The molecule has 9 nitrogen and oxygen atoms in total. The third-order valence-corrected chi connectivity index (χ3v) is 7.37. The number of nitrogens with one attached hydrogen (secondary N) is 2. The molecule has 2 heterocycles. The summed E-state index contributed by atoms with van der Waals surface area (Å²) in [7, 11) is 1.71. The largest absolute Gasteiger partial charge is 0.445 e. The molecule has 212 valence electrons. The Bertz CT molecular complexity index is 781. The third-order valence-electron chi connectivity index (χ3n) is 7.37.